The molecule has 1 heterocycles. The topological polar surface area (TPSA) is 78.4 Å². The van der Waals surface area contributed by atoms with Gasteiger partial charge in [0.25, 0.3) is 0 Å². The zero-order chi connectivity index (χ0) is 13.8. The van der Waals surface area contributed by atoms with Crippen molar-refractivity contribution in [2.24, 2.45) is 0 Å². The van der Waals surface area contributed by atoms with Gasteiger partial charge >= 0.3 is 5.97 Å². The van der Waals surface area contributed by atoms with Gasteiger partial charge in [-0.1, -0.05) is 0 Å². The Morgan fingerprint density at radius 2 is 2.26 bits per heavy atom. The molecule has 1 aliphatic heterocycles. The summed E-state index contributed by atoms with van der Waals surface area (Å²) in [5.74, 6) is -0.615. The first kappa shape index (κ1) is 13.8. The average molecular weight is 284 g/mol. The lowest BCUT2D eigenvalue weighted by atomic mass is 10.2. The molecule has 0 aromatic heterocycles. The van der Waals surface area contributed by atoms with Gasteiger partial charge < -0.3 is 15.7 Å². The number of anilines is 1. The lowest BCUT2D eigenvalue weighted by molar-refractivity contribution is -0.117. The van der Waals surface area contributed by atoms with E-state index in [1.54, 1.807) is 11.8 Å². The Labute approximate surface area is 113 Å². The van der Waals surface area contributed by atoms with E-state index in [4.69, 9.17) is 5.11 Å². The van der Waals surface area contributed by atoms with Gasteiger partial charge in [-0.05, 0) is 18.2 Å². The first-order chi connectivity index (χ1) is 9.08. The van der Waals surface area contributed by atoms with Gasteiger partial charge in [-0.3, -0.25) is 4.79 Å². The highest BCUT2D eigenvalue weighted by Gasteiger charge is 2.22. The molecule has 0 saturated carbocycles. The van der Waals surface area contributed by atoms with Gasteiger partial charge in [0.05, 0.1) is 17.3 Å². The van der Waals surface area contributed by atoms with Crippen LogP contribution in [0.1, 0.15) is 10.4 Å². The van der Waals surface area contributed by atoms with E-state index in [0.717, 1.165) is 30.5 Å². The summed E-state index contributed by atoms with van der Waals surface area (Å²) in [7, 11) is 0. The summed E-state index contributed by atoms with van der Waals surface area (Å²) < 4.78 is 13.5. The van der Waals surface area contributed by atoms with Gasteiger partial charge in [-0.15, -0.1) is 0 Å². The first-order valence-electron chi connectivity index (χ1n) is 5.73. The van der Waals surface area contributed by atoms with Crippen LogP contribution in [-0.4, -0.2) is 41.1 Å². The molecule has 1 unspecified atom stereocenters. The number of aromatic carboxylic acids is 1. The Balaban J connectivity index is 2.11. The molecule has 1 fully saturated rings. The largest absolute Gasteiger partial charge is 0.478 e. The van der Waals surface area contributed by atoms with E-state index in [0.29, 0.717) is 5.75 Å². The molecule has 0 aliphatic carbocycles. The van der Waals surface area contributed by atoms with E-state index < -0.39 is 11.8 Å². The van der Waals surface area contributed by atoms with Crippen LogP contribution in [0, 0.1) is 5.82 Å². The average Bonchev–Trinajstić information content (AvgIpc) is 2.42. The Bertz CT molecular complexity index is 504. The first-order valence-corrected chi connectivity index (χ1v) is 6.88. The molecule has 1 amide bonds. The smallest absolute Gasteiger partial charge is 0.335 e. The molecule has 102 valence electrons. The minimum Gasteiger partial charge on any atom is -0.478 e. The van der Waals surface area contributed by atoms with Crippen LogP contribution in [0.2, 0.25) is 0 Å². The monoisotopic (exact) mass is 284 g/mol. The number of hydrogen-bond donors (Lipinski definition) is 3. The standard InChI is InChI=1S/C12H13FN2O3S/c13-8-2-1-7(12(17)18)5-9(8)15-11(16)10-6-19-4-3-14-10/h1-2,5,10,14H,3-4,6H2,(H,15,16)(H,17,18). The number of benzene rings is 1. The van der Waals surface area contributed by atoms with Crippen molar-refractivity contribution >= 4 is 29.3 Å². The molecule has 7 heteroatoms. The third kappa shape index (κ3) is 3.45. The number of carbonyl (C=O) groups excluding carboxylic acids is 1. The highest BCUT2D eigenvalue weighted by molar-refractivity contribution is 7.99. The predicted octanol–water partition coefficient (Wildman–Crippen LogP) is 1.17. The van der Waals surface area contributed by atoms with Gasteiger partial charge in [0, 0.05) is 18.1 Å². The van der Waals surface area contributed by atoms with E-state index in [1.807, 2.05) is 0 Å². The molecule has 2 rings (SSSR count). The summed E-state index contributed by atoms with van der Waals surface area (Å²) in [4.78, 5) is 22.7. The Hall–Kier alpha value is -1.60. The van der Waals surface area contributed by atoms with Crippen LogP contribution in [-0.2, 0) is 4.79 Å². The minimum atomic E-state index is -1.16. The molecule has 0 bridgehead atoms. The van der Waals surface area contributed by atoms with Crippen LogP contribution in [0.3, 0.4) is 0 Å². The minimum absolute atomic E-state index is 0.0670. The summed E-state index contributed by atoms with van der Waals surface area (Å²) >= 11 is 1.64. The molecule has 1 aromatic carbocycles. The van der Waals surface area contributed by atoms with Crippen molar-refractivity contribution in [3.8, 4) is 0 Å². The molecule has 1 aromatic rings. The molecular weight excluding hydrogens is 271 g/mol. The SMILES string of the molecule is O=C(O)c1ccc(F)c(NC(=O)C2CSCCN2)c1. The normalized spacial score (nSPS) is 18.9. The second kappa shape index (κ2) is 6.03. The zero-order valence-electron chi connectivity index (χ0n) is 9.98. The van der Waals surface area contributed by atoms with Crippen molar-refractivity contribution in [3.63, 3.8) is 0 Å². The number of carboxylic acids is 1. The molecule has 5 nitrogen and oxygen atoms in total. The fourth-order valence-electron chi connectivity index (χ4n) is 1.71. The third-order valence-corrected chi connectivity index (χ3v) is 3.77. The highest BCUT2D eigenvalue weighted by atomic mass is 32.2. The van der Waals surface area contributed by atoms with Crippen molar-refractivity contribution in [2.75, 3.05) is 23.4 Å². The molecule has 0 spiro atoms. The number of carbonyl (C=O) groups is 2. The van der Waals surface area contributed by atoms with Crippen LogP contribution < -0.4 is 10.6 Å². The molecule has 1 atom stereocenters. The summed E-state index contributed by atoms with van der Waals surface area (Å²) in [5, 5.41) is 14.3. The summed E-state index contributed by atoms with van der Waals surface area (Å²) in [5.41, 5.74) is -0.176. The molecule has 1 aliphatic rings. The lowest BCUT2D eigenvalue weighted by Gasteiger charge is -2.22. The van der Waals surface area contributed by atoms with Crippen LogP contribution in [0.4, 0.5) is 10.1 Å². The van der Waals surface area contributed by atoms with Gasteiger partial charge in [0.2, 0.25) is 5.91 Å². The number of hydrogen-bond acceptors (Lipinski definition) is 4. The Morgan fingerprint density at radius 1 is 1.47 bits per heavy atom. The van der Waals surface area contributed by atoms with Crippen LogP contribution in [0.5, 0.6) is 0 Å². The number of amides is 1. The van der Waals surface area contributed by atoms with E-state index >= 15 is 0 Å². The van der Waals surface area contributed by atoms with Crippen molar-refractivity contribution in [3.05, 3.63) is 29.6 Å². The lowest BCUT2D eigenvalue weighted by Crippen LogP contribution is -2.46. The second-order valence-corrected chi connectivity index (χ2v) is 5.22. The highest BCUT2D eigenvalue weighted by Crippen LogP contribution is 2.17. The van der Waals surface area contributed by atoms with Crippen LogP contribution in [0.15, 0.2) is 18.2 Å². The zero-order valence-corrected chi connectivity index (χ0v) is 10.8. The predicted molar refractivity (Wildman–Crippen MR) is 71.1 cm³/mol. The van der Waals surface area contributed by atoms with E-state index in [-0.39, 0.29) is 23.2 Å². The number of nitrogens with one attached hydrogen (secondary N) is 2. The van der Waals surface area contributed by atoms with Gasteiger partial charge in [0.1, 0.15) is 5.82 Å². The van der Waals surface area contributed by atoms with Crippen LogP contribution >= 0.6 is 11.8 Å². The number of halogens is 1. The van der Waals surface area contributed by atoms with Crippen molar-refractivity contribution in [1.82, 2.24) is 5.32 Å². The third-order valence-electron chi connectivity index (χ3n) is 2.71. The summed E-state index contributed by atoms with van der Waals surface area (Å²) in [6.45, 7) is 0.723. The quantitative estimate of drug-likeness (QED) is 0.776. The molecule has 1 saturated heterocycles. The van der Waals surface area contributed by atoms with Crippen molar-refractivity contribution in [2.45, 2.75) is 6.04 Å². The summed E-state index contributed by atoms with van der Waals surface area (Å²) in [6.07, 6.45) is 0. The number of rotatable bonds is 3. The van der Waals surface area contributed by atoms with Crippen molar-refractivity contribution < 1.29 is 19.1 Å². The number of carboxylic acid groups (broad SMARTS) is 1. The summed E-state index contributed by atoms with van der Waals surface area (Å²) in [6, 6.07) is 2.92. The van der Waals surface area contributed by atoms with E-state index in [1.165, 1.54) is 0 Å². The molecule has 19 heavy (non-hydrogen) atoms. The Kier molecular flexibility index (Phi) is 4.39. The fourth-order valence-corrected chi connectivity index (χ4v) is 2.64. The molecule has 3 N–H and O–H groups in total. The van der Waals surface area contributed by atoms with Crippen LogP contribution in [0.25, 0.3) is 0 Å². The molecule has 0 radical (unpaired) electrons. The van der Waals surface area contributed by atoms with Crippen molar-refractivity contribution in [1.29, 1.82) is 0 Å². The maximum atomic E-state index is 13.5. The van der Waals surface area contributed by atoms with Gasteiger partial charge in [0.15, 0.2) is 0 Å². The number of thioether (sulfide) groups is 1. The molecular formula is C12H13FN2O3S. The second-order valence-electron chi connectivity index (χ2n) is 4.07. The maximum Gasteiger partial charge on any atom is 0.335 e. The van der Waals surface area contributed by atoms with E-state index in [9.17, 15) is 14.0 Å². The Morgan fingerprint density at radius 3 is 2.89 bits per heavy atom. The van der Waals surface area contributed by atoms with Gasteiger partial charge in [-0.2, -0.15) is 11.8 Å². The van der Waals surface area contributed by atoms with Gasteiger partial charge in [-0.25, -0.2) is 9.18 Å². The fraction of sp³-hybridized carbons (Fsp3) is 0.333. The maximum absolute atomic E-state index is 13.5. The van der Waals surface area contributed by atoms with E-state index in [2.05, 4.69) is 10.6 Å².